The minimum Gasteiger partial charge on any atom is -0.393 e. The normalized spacial score (nSPS) is 50.1. The Labute approximate surface area is 171 Å². The van der Waals surface area contributed by atoms with Crippen LogP contribution >= 0.6 is 0 Å². The zero-order valence-electron chi connectivity index (χ0n) is 18.4. The largest absolute Gasteiger partial charge is 0.393 e. The summed E-state index contributed by atoms with van der Waals surface area (Å²) < 4.78 is 0. The van der Waals surface area contributed by atoms with Crippen LogP contribution in [0.2, 0.25) is 0 Å². The smallest absolute Gasteiger partial charge is 0.236 e. The van der Waals surface area contributed by atoms with E-state index in [1.165, 1.54) is 44.9 Å². The summed E-state index contributed by atoms with van der Waals surface area (Å²) in [6.45, 7) is 8.85. The first-order valence-electron chi connectivity index (χ1n) is 11.9. The van der Waals surface area contributed by atoms with E-state index in [0.717, 1.165) is 36.5 Å². The van der Waals surface area contributed by atoms with Gasteiger partial charge in [0.2, 0.25) is 5.91 Å². The van der Waals surface area contributed by atoms with Crippen molar-refractivity contribution in [2.45, 2.75) is 104 Å². The van der Waals surface area contributed by atoms with Gasteiger partial charge >= 0.3 is 0 Å². The average Bonchev–Trinajstić information content (AvgIpc) is 2.99. The van der Waals surface area contributed by atoms with Gasteiger partial charge < -0.3 is 16.2 Å². The molecule has 0 bridgehead atoms. The van der Waals surface area contributed by atoms with Gasteiger partial charge in [-0.2, -0.15) is 0 Å². The van der Waals surface area contributed by atoms with Crippen LogP contribution in [-0.4, -0.2) is 29.2 Å². The van der Waals surface area contributed by atoms with Gasteiger partial charge in [-0.15, -0.1) is 0 Å². The molecule has 1 amide bonds. The molecular formula is C24H42N2O2. The van der Waals surface area contributed by atoms with E-state index in [1.54, 1.807) is 6.92 Å². The van der Waals surface area contributed by atoms with Crippen molar-refractivity contribution in [3.8, 4) is 0 Å². The van der Waals surface area contributed by atoms with Crippen LogP contribution in [0.3, 0.4) is 0 Å². The number of fused-ring (bicyclic) bond motifs is 5. The molecule has 4 rings (SSSR count). The molecule has 4 heteroatoms. The summed E-state index contributed by atoms with van der Waals surface area (Å²) in [4.78, 5) is 12.1. The lowest BCUT2D eigenvalue weighted by atomic mass is 9.44. The van der Waals surface area contributed by atoms with Crippen molar-refractivity contribution in [3.63, 3.8) is 0 Å². The molecule has 4 N–H and O–H groups in total. The van der Waals surface area contributed by atoms with E-state index in [-0.39, 0.29) is 12.0 Å². The molecule has 4 saturated carbocycles. The van der Waals surface area contributed by atoms with Crippen LogP contribution in [0, 0.1) is 40.4 Å². The van der Waals surface area contributed by atoms with Crippen molar-refractivity contribution >= 4 is 5.91 Å². The number of carbonyl (C=O) groups excluding carboxylic acids is 1. The van der Waals surface area contributed by atoms with Crippen LogP contribution in [0.25, 0.3) is 0 Å². The van der Waals surface area contributed by atoms with E-state index in [4.69, 9.17) is 5.73 Å². The summed E-state index contributed by atoms with van der Waals surface area (Å²) in [5.41, 5.74) is 6.54. The van der Waals surface area contributed by atoms with Crippen LogP contribution in [0.4, 0.5) is 0 Å². The maximum atomic E-state index is 12.1. The lowest BCUT2D eigenvalue weighted by molar-refractivity contribution is -0.130. The third-order valence-corrected chi connectivity index (χ3v) is 10.1. The van der Waals surface area contributed by atoms with Crippen molar-refractivity contribution < 1.29 is 9.90 Å². The summed E-state index contributed by atoms with van der Waals surface area (Å²) in [6.07, 6.45) is 11.2. The Morgan fingerprint density at radius 3 is 2.36 bits per heavy atom. The fourth-order valence-electron chi connectivity index (χ4n) is 8.55. The number of nitrogens with one attached hydrogen (secondary N) is 1. The molecule has 28 heavy (non-hydrogen) atoms. The first-order valence-corrected chi connectivity index (χ1v) is 11.9. The van der Waals surface area contributed by atoms with Gasteiger partial charge in [0.25, 0.3) is 0 Å². The SMILES string of the molecule is CC(N)C(=O)N[C@@H]1CC[C@]2(C)C3CC[C@@]4(C)C(CC[C@@H]4[C@H](C)O)C3CC[C@H]2C1. The van der Waals surface area contributed by atoms with Crippen LogP contribution in [-0.2, 0) is 4.79 Å². The van der Waals surface area contributed by atoms with E-state index in [0.29, 0.717) is 22.8 Å². The number of aliphatic hydroxyl groups is 1. The van der Waals surface area contributed by atoms with Crippen LogP contribution in [0.15, 0.2) is 0 Å². The zero-order chi connectivity index (χ0) is 20.3. The predicted molar refractivity (Wildman–Crippen MR) is 112 cm³/mol. The van der Waals surface area contributed by atoms with Crippen LogP contribution in [0.1, 0.15) is 85.5 Å². The second kappa shape index (κ2) is 7.27. The molecule has 4 fully saturated rings. The molecule has 4 aliphatic carbocycles. The van der Waals surface area contributed by atoms with E-state index in [9.17, 15) is 9.90 Å². The highest BCUT2D eigenvalue weighted by molar-refractivity contribution is 5.81. The molecule has 0 radical (unpaired) electrons. The van der Waals surface area contributed by atoms with E-state index < -0.39 is 6.04 Å². The molecule has 0 heterocycles. The lowest BCUT2D eigenvalue weighted by Crippen LogP contribution is -2.56. The average molecular weight is 391 g/mol. The second-order valence-electron chi connectivity index (χ2n) is 11.4. The van der Waals surface area contributed by atoms with E-state index >= 15 is 0 Å². The molecular weight excluding hydrogens is 348 g/mol. The van der Waals surface area contributed by atoms with Crippen molar-refractivity contribution in [2.75, 3.05) is 0 Å². The Morgan fingerprint density at radius 2 is 1.68 bits per heavy atom. The zero-order valence-corrected chi connectivity index (χ0v) is 18.4. The number of aliphatic hydroxyl groups excluding tert-OH is 1. The van der Waals surface area contributed by atoms with Crippen LogP contribution < -0.4 is 11.1 Å². The number of amides is 1. The molecule has 0 aliphatic heterocycles. The molecule has 0 aromatic rings. The lowest BCUT2D eigenvalue weighted by Gasteiger charge is -2.61. The number of hydrogen-bond donors (Lipinski definition) is 3. The van der Waals surface area contributed by atoms with Crippen molar-refractivity contribution in [1.29, 1.82) is 0 Å². The van der Waals surface area contributed by atoms with Crippen molar-refractivity contribution in [2.24, 2.45) is 46.2 Å². The Hall–Kier alpha value is -0.610. The van der Waals surface area contributed by atoms with Gasteiger partial charge in [0, 0.05) is 6.04 Å². The first kappa shape index (κ1) is 20.7. The quantitative estimate of drug-likeness (QED) is 0.685. The maximum Gasteiger partial charge on any atom is 0.236 e. The second-order valence-corrected chi connectivity index (χ2v) is 11.4. The van der Waals surface area contributed by atoms with Gasteiger partial charge in [0.1, 0.15) is 0 Å². The molecule has 0 spiro atoms. The highest BCUT2D eigenvalue weighted by atomic mass is 16.3. The third kappa shape index (κ3) is 3.14. The maximum absolute atomic E-state index is 12.1. The number of hydrogen-bond acceptors (Lipinski definition) is 3. The molecule has 0 aromatic heterocycles. The minimum atomic E-state index is -0.413. The monoisotopic (exact) mass is 390 g/mol. The minimum absolute atomic E-state index is 0.00541. The number of carbonyl (C=O) groups is 1. The fourth-order valence-corrected chi connectivity index (χ4v) is 8.55. The first-order chi connectivity index (χ1) is 13.2. The number of nitrogens with two attached hydrogens (primary N) is 1. The van der Waals surface area contributed by atoms with Gasteiger partial charge in [-0.05, 0) is 112 Å². The van der Waals surface area contributed by atoms with Crippen molar-refractivity contribution in [1.82, 2.24) is 5.32 Å². The van der Waals surface area contributed by atoms with E-state index in [1.807, 2.05) is 6.92 Å². The topological polar surface area (TPSA) is 75.4 Å². The van der Waals surface area contributed by atoms with Gasteiger partial charge in [-0.3, -0.25) is 4.79 Å². The molecule has 4 nitrogen and oxygen atoms in total. The summed E-state index contributed by atoms with van der Waals surface area (Å²) in [5, 5.41) is 13.6. The number of rotatable bonds is 3. The van der Waals surface area contributed by atoms with E-state index in [2.05, 4.69) is 19.2 Å². The van der Waals surface area contributed by atoms with Gasteiger partial charge in [0.05, 0.1) is 12.1 Å². The highest BCUT2D eigenvalue weighted by Crippen LogP contribution is 2.67. The summed E-state index contributed by atoms with van der Waals surface area (Å²) in [5.74, 6) is 3.72. The summed E-state index contributed by atoms with van der Waals surface area (Å²) in [7, 11) is 0. The molecule has 0 saturated heterocycles. The molecule has 10 atom stereocenters. The standard InChI is InChI=1S/C24H42N2O2/c1-14(25)22(28)26-17-9-11-23(3)16(13-17)5-6-18-20-8-7-19(15(2)27)24(20,4)12-10-21(18)23/h14-21,27H,5-13,25H2,1-4H3,(H,26,28)/t14?,15-,16-,17+,18?,19+,20?,21?,23-,24+/m0/s1. The van der Waals surface area contributed by atoms with Gasteiger partial charge in [-0.1, -0.05) is 13.8 Å². The third-order valence-electron chi connectivity index (χ3n) is 10.1. The molecule has 0 aromatic carbocycles. The Kier molecular flexibility index (Phi) is 5.36. The van der Waals surface area contributed by atoms with Crippen LogP contribution in [0.5, 0.6) is 0 Å². The molecule has 4 aliphatic rings. The Morgan fingerprint density at radius 1 is 1.00 bits per heavy atom. The van der Waals surface area contributed by atoms with Gasteiger partial charge in [-0.25, -0.2) is 0 Å². The Bertz CT molecular complexity index is 605. The highest BCUT2D eigenvalue weighted by Gasteiger charge is 2.60. The summed E-state index contributed by atoms with van der Waals surface area (Å²) >= 11 is 0. The summed E-state index contributed by atoms with van der Waals surface area (Å²) in [6, 6.07) is -0.0997. The van der Waals surface area contributed by atoms with Gasteiger partial charge in [0.15, 0.2) is 0 Å². The fraction of sp³-hybridized carbons (Fsp3) is 0.958. The Balaban J connectivity index is 1.48. The molecule has 4 unspecified atom stereocenters. The van der Waals surface area contributed by atoms with Crippen molar-refractivity contribution in [3.05, 3.63) is 0 Å². The predicted octanol–water partition coefficient (Wildman–Crippen LogP) is 3.86. The molecule has 160 valence electrons.